The van der Waals surface area contributed by atoms with E-state index in [1.54, 1.807) is 6.33 Å². The molecule has 1 aliphatic heterocycles. The molecule has 128 valence electrons. The maximum Gasteiger partial charge on any atom is 0.159 e. The van der Waals surface area contributed by atoms with Gasteiger partial charge in [0.1, 0.15) is 12.1 Å². The minimum absolute atomic E-state index is 0.802. The summed E-state index contributed by atoms with van der Waals surface area (Å²) in [6.45, 7) is 6.07. The molecule has 1 aliphatic rings. The van der Waals surface area contributed by atoms with Gasteiger partial charge < -0.3 is 9.80 Å². The van der Waals surface area contributed by atoms with Crippen molar-refractivity contribution in [1.29, 1.82) is 0 Å². The maximum absolute atomic E-state index is 4.66. The minimum Gasteiger partial charge on any atom is -0.354 e. The van der Waals surface area contributed by atoms with Crippen LogP contribution >= 0.6 is 0 Å². The van der Waals surface area contributed by atoms with Gasteiger partial charge in [0.2, 0.25) is 0 Å². The van der Waals surface area contributed by atoms with Crippen molar-refractivity contribution in [2.24, 2.45) is 0 Å². The van der Waals surface area contributed by atoms with Gasteiger partial charge in [0.25, 0.3) is 0 Å². The largest absolute Gasteiger partial charge is 0.354 e. The monoisotopic (exact) mass is 334 g/mol. The summed E-state index contributed by atoms with van der Waals surface area (Å²) in [5, 5.41) is 4.66. The fourth-order valence-electron chi connectivity index (χ4n) is 3.15. The van der Waals surface area contributed by atoms with Crippen molar-refractivity contribution in [3.05, 3.63) is 54.5 Å². The molecule has 0 spiro atoms. The molecule has 4 rings (SSSR count). The Hall–Kier alpha value is -2.73. The highest BCUT2D eigenvalue weighted by Gasteiger charge is 2.17. The van der Waals surface area contributed by atoms with E-state index < -0.39 is 0 Å². The molecule has 6 heteroatoms. The van der Waals surface area contributed by atoms with Gasteiger partial charge in [-0.25, -0.2) is 14.6 Å². The Morgan fingerprint density at radius 3 is 2.36 bits per heavy atom. The first kappa shape index (κ1) is 15.8. The summed E-state index contributed by atoms with van der Waals surface area (Å²) in [5.74, 6) is 1.76. The molecule has 3 aromatic rings. The van der Waals surface area contributed by atoms with Crippen LogP contribution < -0.4 is 4.90 Å². The Balaban J connectivity index is 1.70. The lowest BCUT2D eigenvalue weighted by Crippen LogP contribution is -2.44. The maximum atomic E-state index is 4.66. The van der Waals surface area contributed by atoms with Gasteiger partial charge in [-0.05, 0) is 20.0 Å². The van der Waals surface area contributed by atoms with Crippen molar-refractivity contribution in [2.45, 2.75) is 6.92 Å². The smallest absolute Gasteiger partial charge is 0.159 e. The third-order valence-corrected chi connectivity index (χ3v) is 4.58. The molecule has 0 aliphatic carbocycles. The second-order valence-corrected chi connectivity index (χ2v) is 6.47. The van der Waals surface area contributed by atoms with Crippen LogP contribution in [0.2, 0.25) is 0 Å². The Morgan fingerprint density at radius 2 is 1.60 bits per heavy atom. The summed E-state index contributed by atoms with van der Waals surface area (Å²) < 4.78 is 1.91. The quantitative estimate of drug-likeness (QED) is 0.736. The van der Waals surface area contributed by atoms with Crippen LogP contribution in [0.5, 0.6) is 0 Å². The number of nitrogens with zero attached hydrogens (tertiary/aromatic N) is 6. The van der Waals surface area contributed by atoms with Crippen LogP contribution in [0.1, 0.15) is 5.69 Å². The Labute approximate surface area is 147 Å². The number of rotatable bonds is 3. The standard InChI is InChI=1S/C19H22N6/c1-15-12-17(16-6-4-3-5-7-16)25(22-15)19-13-18(20-14-21-19)24-10-8-23(2)9-11-24/h3-7,12-14H,8-11H2,1-2H3. The highest BCUT2D eigenvalue weighted by Crippen LogP contribution is 2.24. The number of piperazine rings is 1. The summed E-state index contributed by atoms with van der Waals surface area (Å²) in [6, 6.07) is 14.4. The van der Waals surface area contributed by atoms with Crippen molar-refractivity contribution in [3.63, 3.8) is 0 Å². The first-order valence-corrected chi connectivity index (χ1v) is 8.59. The minimum atomic E-state index is 0.802. The Kier molecular flexibility index (Phi) is 4.19. The van der Waals surface area contributed by atoms with E-state index in [1.807, 2.05) is 35.9 Å². The molecule has 0 atom stereocenters. The molecule has 25 heavy (non-hydrogen) atoms. The average molecular weight is 334 g/mol. The molecule has 0 N–H and O–H groups in total. The molecular weight excluding hydrogens is 312 g/mol. The van der Waals surface area contributed by atoms with Crippen LogP contribution in [0.4, 0.5) is 5.82 Å². The number of hydrogen-bond acceptors (Lipinski definition) is 5. The van der Waals surface area contributed by atoms with Gasteiger partial charge in [0, 0.05) is 37.8 Å². The third kappa shape index (κ3) is 3.25. The predicted octanol–water partition coefficient (Wildman–Crippen LogP) is 2.39. The van der Waals surface area contributed by atoms with Crippen molar-refractivity contribution in [1.82, 2.24) is 24.6 Å². The molecule has 2 aromatic heterocycles. The van der Waals surface area contributed by atoms with E-state index in [0.29, 0.717) is 0 Å². The van der Waals surface area contributed by atoms with E-state index in [0.717, 1.165) is 54.8 Å². The fourth-order valence-corrected chi connectivity index (χ4v) is 3.15. The van der Waals surface area contributed by atoms with E-state index in [1.165, 1.54) is 0 Å². The Morgan fingerprint density at radius 1 is 0.880 bits per heavy atom. The van der Waals surface area contributed by atoms with Crippen molar-refractivity contribution in [3.8, 4) is 17.1 Å². The lowest BCUT2D eigenvalue weighted by atomic mass is 10.1. The lowest BCUT2D eigenvalue weighted by Gasteiger charge is -2.33. The van der Waals surface area contributed by atoms with Gasteiger partial charge in [0.05, 0.1) is 11.4 Å². The molecule has 0 saturated carbocycles. The van der Waals surface area contributed by atoms with Gasteiger partial charge in [-0.2, -0.15) is 5.10 Å². The number of likely N-dealkylation sites (N-methyl/N-ethyl adjacent to an activating group) is 1. The molecule has 0 amide bonds. The highest BCUT2D eigenvalue weighted by atomic mass is 15.3. The van der Waals surface area contributed by atoms with Gasteiger partial charge in [-0.3, -0.25) is 0 Å². The molecular formula is C19H22N6. The van der Waals surface area contributed by atoms with Crippen molar-refractivity contribution < 1.29 is 0 Å². The van der Waals surface area contributed by atoms with Crippen molar-refractivity contribution in [2.75, 3.05) is 38.1 Å². The van der Waals surface area contributed by atoms with E-state index >= 15 is 0 Å². The topological polar surface area (TPSA) is 50.1 Å². The summed E-state index contributed by atoms with van der Waals surface area (Å²) in [5.41, 5.74) is 3.14. The summed E-state index contributed by atoms with van der Waals surface area (Å²) in [4.78, 5) is 13.6. The zero-order valence-electron chi connectivity index (χ0n) is 14.6. The first-order chi connectivity index (χ1) is 12.2. The molecule has 1 fully saturated rings. The van der Waals surface area contributed by atoms with Crippen molar-refractivity contribution >= 4 is 5.82 Å². The van der Waals surface area contributed by atoms with E-state index in [4.69, 9.17) is 0 Å². The van der Waals surface area contributed by atoms with Crippen LogP contribution in [-0.4, -0.2) is 57.9 Å². The van der Waals surface area contributed by atoms with Crippen LogP contribution in [0, 0.1) is 6.92 Å². The fraction of sp³-hybridized carbons (Fsp3) is 0.316. The molecule has 3 heterocycles. The third-order valence-electron chi connectivity index (χ3n) is 4.58. The lowest BCUT2D eigenvalue weighted by molar-refractivity contribution is 0.312. The van der Waals surface area contributed by atoms with E-state index in [-0.39, 0.29) is 0 Å². The second-order valence-electron chi connectivity index (χ2n) is 6.47. The van der Waals surface area contributed by atoms with Crippen LogP contribution in [0.15, 0.2) is 48.8 Å². The van der Waals surface area contributed by atoms with E-state index in [9.17, 15) is 0 Å². The van der Waals surface area contributed by atoms with Gasteiger partial charge in [-0.1, -0.05) is 30.3 Å². The van der Waals surface area contributed by atoms with Crippen LogP contribution in [0.25, 0.3) is 17.1 Å². The molecule has 6 nitrogen and oxygen atoms in total. The summed E-state index contributed by atoms with van der Waals surface area (Å²) in [6.07, 6.45) is 1.63. The second kappa shape index (κ2) is 6.64. The van der Waals surface area contributed by atoms with Crippen LogP contribution in [-0.2, 0) is 0 Å². The number of aromatic nitrogens is 4. The van der Waals surface area contributed by atoms with Gasteiger partial charge in [-0.15, -0.1) is 0 Å². The molecule has 0 unspecified atom stereocenters. The van der Waals surface area contributed by atoms with Gasteiger partial charge in [0.15, 0.2) is 5.82 Å². The predicted molar refractivity (Wildman–Crippen MR) is 99.0 cm³/mol. The normalized spacial score (nSPS) is 15.5. The zero-order chi connectivity index (χ0) is 17.2. The number of aryl methyl sites for hydroxylation is 1. The highest BCUT2D eigenvalue weighted by molar-refractivity contribution is 5.62. The molecule has 0 bridgehead atoms. The average Bonchev–Trinajstić information content (AvgIpc) is 3.05. The van der Waals surface area contributed by atoms with Crippen LogP contribution in [0.3, 0.4) is 0 Å². The summed E-state index contributed by atoms with van der Waals surface area (Å²) >= 11 is 0. The molecule has 1 aromatic carbocycles. The number of anilines is 1. The SMILES string of the molecule is Cc1cc(-c2ccccc2)n(-c2cc(N3CCN(C)CC3)ncn2)n1. The van der Waals surface area contributed by atoms with E-state index in [2.05, 4.69) is 50.1 Å². The zero-order valence-corrected chi connectivity index (χ0v) is 14.6. The molecule has 0 radical (unpaired) electrons. The van der Waals surface area contributed by atoms with Gasteiger partial charge >= 0.3 is 0 Å². The summed E-state index contributed by atoms with van der Waals surface area (Å²) in [7, 11) is 2.15. The molecule has 1 saturated heterocycles. The number of hydrogen-bond donors (Lipinski definition) is 0. The Bertz CT molecular complexity index is 849. The number of benzene rings is 1. The first-order valence-electron chi connectivity index (χ1n) is 8.59.